The van der Waals surface area contributed by atoms with E-state index in [0.29, 0.717) is 5.02 Å². The monoisotopic (exact) mass is 181 g/mol. The van der Waals surface area contributed by atoms with Gasteiger partial charge in [0.1, 0.15) is 0 Å². The highest BCUT2D eigenvalue weighted by Crippen LogP contribution is 2.12. The van der Waals surface area contributed by atoms with Crippen molar-refractivity contribution in [2.45, 2.75) is 6.92 Å². The Bertz CT molecular complexity index is 320. The van der Waals surface area contributed by atoms with E-state index in [1.807, 2.05) is 12.1 Å². The molecule has 12 heavy (non-hydrogen) atoms. The summed E-state index contributed by atoms with van der Waals surface area (Å²) in [6, 6.07) is 7.22. The van der Waals surface area contributed by atoms with Gasteiger partial charge in [0.15, 0.2) is 0 Å². The van der Waals surface area contributed by atoms with Crippen LogP contribution in [0.5, 0.6) is 0 Å². The van der Waals surface area contributed by atoms with Crippen molar-refractivity contribution in [3.63, 3.8) is 0 Å². The third kappa shape index (κ3) is 2.47. The molecule has 1 aromatic rings. The second-order valence-electron chi connectivity index (χ2n) is 2.30. The minimum absolute atomic E-state index is 0.227. The van der Waals surface area contributed by atoms with Crippen LogP contribution in [-0.4, -0.2) is 12.1 Å². The Morgan fingerprint density at radius 3 is 2.75 bits per heavy atom. The van der Waals surface area contributed by atoms with Crippen LogP contribution in [0.2, 0.25) is 5.02 Å². The Morgan fingerprint density at radius 2 is 2.17 bits per heavy atom. The molecule has 0 aliphatic carbocycles. The van der Waals surface area contributed by atoms with Crippen LogP contribution in [0.3, 0.4) is 0 Å². The molecule has 0 radical (unpaired) electrons. The largest absolute Gasteiger partial charge is 0.273 e. The van der Waals surface area contributed by atoms with E-state index in [2.05, 4.69) is 4.99 Å². The number of amides is 1. The first-order chi connectivity index (χ1) is 5.70. The number of hydrogen-bond acceptors (Lipinski definition) is 1. The van der Waals surface area contributed by atoms with Gasteiger partial charge in [0.25, 0.3) is 0 Å². The molecule has 0 N–H and O–H groups in total. The Hall–Kier alpha value is -1.15. The molecule has 0 aliphatic rings. The maximum Gasteiger partial charge on any atom is 0.242 e. The number of aliphatic imine (C=N–C) groups is 1. The second-order valence-corrected chi connectivity index (χ2v) is 2.71. The lowest BCUT2D eigenvalue weighted by atomic mass is 10.2. The van der Waals surface area contributed by atoms with Gasteiger partial charge in [-0.05, 0) is 6.07 Å². The third-order valence-corrected chi connectivity index (χ3v) is 1.63. The van der Waals surface area contributed by atoms with E-state index in [4.69, 9.17) is 11.6 Å². The summed E-state index contributed by atoms with van der Waals surface area (Å²) in [6.07, 6.45) is 1.46. The Morgan fingerprint density at radius 1 is 1.50 bits per heavy atom. The van der Waals surface area contributed by atoms with E-state index in [9.17, 15) is 4.79 Å². The zero-order chi connectivity index (χ0) is 8.97. The number of halogens is 1. The van der Waals surface area contributed by atoms with Gasteiger partial charge in [-0.2, -0.15) is 0 Å². The Kier molecular flexibility index (Phi) is 3.00. The summed E-state index contributed by atoms with van der Waals surface area (Å²) in [7, 11) is 0. The van der Waals surface area contributed by atoms with Crippen LogP contribution in [0.4, 0.5) is 0 Å². The average molecular weight is 182 g/mol. The van der Waals surface area contributed by atoms with E-state index >= 15 is 0 Å². The molecule has 0 heterocycles. The number of rotatable bonds is 1. The highest BCUT2D eigenvalue weighted by molar-refractivity contribution is 6.33. The maximum absolute atomic E-state index is 10.5. The molecule has 0 aliphatic heterocycles. The number of carbonyl (C=O) groups excluding carboxylic acids is 1. The fraction of sp³-hybridized carbons (Fsp3) is 0.111. The first-order valence-electron chi connectivity index (χ1n) is 3.49. The van der Waals surface area contributed by atoms with Gasteiger partial charge in [0.05, 0.1) is 0 Å². The van der Waals surface area contributed by atoms with Gasteiger partial charge in [-0.15, -0.1) is 0 Å². The van der Waals surface area contributed by atoms with Crippen molar-refractivity contribution in [1.29, 1.82) is 0 Å². The maximum atomic E-state index is 10.5. The van der Waals surface area contributed by atoms with Gasteiger partial charge >= 0.3 is 0 Å². The summed E-state index contributed by atoms with van der Waals surface area (Å²) in [5.41, 5.74) is 0.759. The first kappa shape index (κ1) is 8.94. The van der Waals surface area contributed by atoms with Crippen LogP contribution < -0.4 is 0 Å². The Balaban J connectivity index is 2.89. The molecule has 0 atom stereocenters. The van der Waals surface area contributed by atoms with Crippen molar-refractivity contribution in [3.8, 4) is 0 Å². The van der Waals surface area contributed by atoms with Crippen molar-refractivity contribution in [1.82, 2.24) is 0 Å². The minimum Gasteiger partial charge on any atom is -0.273 e. The molecule has 0 unspecified atom stereocenters. The van der Waals surface area contributed by atoms with Gasteiger partial charge in [-0.1, -0.05) is 29.8 Å². The summed E-state index contributed by atoms with van der Waals surface area (Å²) >= 11 is 5.81. The molecular formula is C9H8ClNO. The summed E-state index contributed by atoms with van der Waals surface area (Å²) < 4.78 is 0. The zero-order valence-electron chi connectivity index (χ0n) is 6.62. The first-order valence-corrected chi connectivity index (χ1v) is 3.87. The molecule has 0 saturated carbocycles. The fourth-order valence-electron chi connectivity index (χ4n) is 0.740. The minimum atomic E-state index is -0.227. The third-order valence-electron chi connectivity index (χ3n) is 1.29. The van der Waals surface area contributed by atoms with Gasteiger partial charge in [-0.3, -0.25) is 4.79 Å². The van der Waals surface area contributed by atoms with Gasteiger partial charge < -0.3 is 0 Å². The normalized spacial score (nSPS) is 10.5. The zero-order valence-corrected chi connectivity index (χ0v) is 7.38. The molecule has 0 bridgehead atoms. The fourth-order valence-corrected chi connectivity index (χ4v) is 0.925. The van der Waals surface area contributed by atoms with Crippen LogP contribution in [0.1, 0.15) is 12.5 Å². The van der Waals surface area contributed by atoms with Crippen LogP contribution >= 0.6 is 11.6 Å². The smallest absolute Gasteiger partial charge is 0.242 e. The summed E-state index contributed by atoms with van der Waals surface area (Å²) in [5, 5.41) is 0.600. The predicted molar refractivity (Wildman–Crippen MR) is 49.7 cm³/mol. The number of benzene rings is 1. The van der Waals surface area contributed by atoms with E-state index in [1.54, 1.807) is 12.1 Å². The lowest BCUT2D eigenvalue weighted by Gasteiger charge is -1.93. The second kappa shape index (κ2) is 4.02. The predicted octanol–water partition coefficient (Wildman–Crippen LogP) is 2.31. The lowest BCUT2D eigenvalue weighted by Crippen LogP contribution is -1.87. The van der Waals surface area contributed by atoms with Crippen molar-refractivity contribution in [2.24, 2.45) is 4.99 Å². The van der Waals surface area contributed by atoms with Crippen molar-refractivity contribution in [3.05, 3.63) is 34.9 Å². The van der Waals surface area contributed by atoms with Gasteiger partial charge in [0.2, 0.25) is 5.91 Å². The SMILES string of the molecule is CC(=O)N=Cc1ccccc1Cl. The number of carbonyl (C=O) groups is 1. The molecule has 0 saturated heterocycles. The van der Waals surface area contributed by atoms with Crippen LogP contribution in [0.15, 0.2) is 29.3 Å². The van der Waals surface area contributed by atoms with E-state index in [1.165, 1.54) is 13.1 Å². The topological polar surface area (TPSA) is 29.4 Å². The van der Waals surface area contributed by atoms with Crippen molar-refractivity contribution >= 4 is 23.7 Å². The molecule has 2 nitrogen and oxygen atoms in total. The molecule has 0 spiro atoms. The van der Waals surface area contributed by atoms with Crippen LogP contribution in [-0.2, 0) is 4.79 Å². The molecule has 0 fully saturated rings. The summed E-state index contributed by atoms with van der Waals surface area (Å²) in [6.45, 7) is 1.40. The number of nitrogens with zero attached hydrogens (tertiary/aromatic N) is 1. The molecule has 0 aromatic heterocycles. The van der Waals surface area contributed by atoms with Crippen LogP contribution in [0.25, 0.3) is 0 Å². The molecule has 1 amide bonds. The molecule has 3 heteroatoms. The van der Waals surface area contributed by atoms with Crippen LogP contribution in [0, 0.1) is 0 Å². The molecule has 1 rings (SSSR count). The van der Waals surface area contributed by atoms with Crippen molar-refractivity contribution in [2.75, 3.05) is 0 Å². The number of hydrogen-bond donors (Lipinski definition) is 0. The summed E-state index contributed by atoms with van der Waals surface area (Å²) in [5.74, 6) is -0.227. The summed E-state index contributed by atoms with van der Waals surface area (Å²) in [4.78, 5) is 14.1. The lowest BCUT2D eigenvalue weighted by molar-refractivity contribution is -0.115. The molecule has 62 valence electrons. The highest BCUT2D eigenvalue weighted by atomic mass is 35.5. The van der Waals surface area contributed by atoms with E-state index in [0.717, 1.165) is 5.56 Å². The molecular weight excluding hydrogens is 174 g/mol. The quantitative estimate of drug-likeness (QED) is 0.612. The standard InChI is InChI=1S/C9H8ClNO/c1-7(12)11-6-8-4-2-3-5-9(8)10/h2-6H,1H3. The van der Waals surface area contributed by atoms with Gasteiger partial charge in [0, 0.05) is 23.7 Å². The highest BCUT2D eigenvalue weighted by Gasteiger charge is 1.93. The van der Waals surface area contributed by atoms with Gasteiger partial charge in [-0.25, -0.2) is 4.99 Å². The Labute approximate surface area is 75.9 Å². The molecule has 1 aromatic carbocycles. The van der Waals surface area contributed by atoms with E-state index < -0.39 is 0 Å². The van der Waals surface area contributed by atoms with Crippen molar-refractivity contribution < 1.29 is 4.79 Å². The average Bonchev–Trinajstić information content (AvgIpc) is 2.03. The van der Waals surface area contributed by atoms with E-state index in [-0.39, 0.29) is 5.91 Å².